The van der Waals surface area contributed by atoms with Crippen LogP contribution in [-0.4, -0.2) is 40.8 Å². The van der Waals surface area contributed by atoms with Crippen molar-refractivity contribution < 1.29 is 4.74 Å². The average Bonchev–Trinajstić information content (AvgIpc) is 2.77. The lowest BCUT2D eigenvalue weighted by atomic mass is 10.2. The first-order valence-corrected chi connectivity index (χ1v) is 8.65. The number of unbranched alkanes of at least 4 members (excludes halogenated alkanes) is 1. The number of fused-ring (bicyclic) bond motifs is 1. The van der Waals surface area contributed by atoms with Crippen LogP contribution in [0, 0.1) is 0 Å². The fourth-order valence-electron chi connectivity index (χ4n) is 3.14. The van der Waals surface area contributed by atoms with Gasteiger partial charge < -0.3 is 9.64 Å². The zero-order chi connectivity index (χ0) is 15.0. The van der Waals surface area contributed by atoms with Crippen molar-refractivity contribution in [2.45, 2.75) is 45.1 Å². The highest BCUT2D eigenvalue weighted by atomic mass is 16.5. The number of nitrogens with zero attached hydrogens (tertiary/aromatic N) is 3. The Bertz CT molecular complexity index is 525. The minimum atomic E-state index is 0.616. The van der Waals surface area contributed by atoms with Gasteiger partial charge in [0.1, 0.15) is 0 Å². The molecule has 0 aromatic carbocycles. The first kappa shape index (κ1) is 15.5. The Morgan fingerprint density at radius 2 is 1.91 bits per heavy atom. The summed E-state index contributed by atoms with van der Waals surface area (Å²) in [5.74, 6) is 0. The van der Waals surface area contributed by atoms with E-state index in [0.717, 1.165) is 24.2 Å². The Morgan fingerprint density at radius 1 is 1.05 bits per heavy atom. The molecule has 0 spiro atoms. The smallest absolute Gasteiger partial charge is 0.0906 e. The van der Waals surface area contributed by atoms with Crippen molar-refractivity contribution in [2.75, 3.05) is 26.2 Å². The number of hydrogen-bond donors (Lipinski definition) is 0. The van der Waals surface area contributed by atoms with Crippen LogP contribution in [0.1, 0.15) is 44.2 Å². The molecule has 0 atom stereocenters. The normalized spacial score (nSPS) is 16.9. The summed E-state index contributed by atoms with van der Waals surface area (Å²) < 4.78 is 7.67. The van der Waals surface area contributed by atoms with Crippen LogP contribution in [0.5, 0.6) is 0 Å². The summed E-state index contributed by atoms with van der Waals surface area (Å²) in [6.07, 6.45) is 9.95. The van der Waals surface area contributed by atoms with Crippen LogP contribution in [0.25, 0.3) is 5.52 Å². The Hall–Kier alpha value is -1.39. The van der Waals surface area contributed by atoms with E-state index in [9.17, 15) is 0 Å². The number of pyridine rings is 1. The van der Waals surface area contributed by atoms with Crippen LogP contribution in [0.3, 0.4) is 0 Å². The molecule has 0 amide bonds. The second kappa shape index (κ2) is 8.30. The SMILES string of the molecule is c1ccn2nc(COCCCCN3CCCCCC3)cc2c1. The first-order valence-electron chi connectivity index (χ1n) is 8.65. The highest BCUT2D eigenvalue weighted by Crippen LogP contribution is 2.11. The monoisotopic (exact) mass is 301 g/mol. The molecule has 1 aliphatic rings. The molecule has 1 saturated heterocycles. The van der Waals surface area contributed by atoms with E-state index in [2.05, 4.69) is 22.1 Å². The number of likely N-dealkylation sites (tertiary alicyclic amines) is 1. The largest absolute Gasteiger partial charge is 0.375 e. The van der Waals surface area contributed by atoms with Gasteiger partial charge in [-0.3, -0.25) is 0 Å². The molecule has 3 heterocycles. The van der Waals surface area contributed by atoms with Gasteiger partial charge >= 0.3 is 0 Å². The molecule has 4 nitrogen and oxygen atoms in total. The summed E-state index contributed by atoms with van der Waals surface area (Å²) in [7, 11) is 0. The lowest BCUT2D eigenvalue weighted by Crippen LogP contribution is -2.25. The van der Waals surface area contributed by atoms with Gasteiger partial charge in [0.2, 0.25) is 0 Å². The summed E-state index contributed by atoms with van der Waals surface area (Å²) >= 11 is 0. The Morgan fingerprint density at radius 3 is 2.73 bits per heavy atom. The zero-order valence-electron chi connectivity index (χ0n) is 13.4. The van der Waals surface area contributed by atoms with Crippen molar-refractivity contribution in [1.29, 1.82) is 0 Å². The van der Waals surface area contributed by atoms with Gasteiger partial charge in [-0.05, 0) is 63.5 Å². The van der Waals surface area contributed by atoms with Crippen LogP contribution in [0.4, 0.5) is 0 Å². The molecule has 0 unspecified atom stereocenters. The van der Waals surface area contributed by atoms with Gasteiger partial charge in [-0.25, -0.2) is 4.52 Å². The van der Waals surface area contributed by atoms with Crippen LogP contribution in [0.2, 0.25) is 0 Å². The van der Waals surface area contributed by atoms with E-state index in [-0.39, 0.29) is 0 Å². The van der Waals surface area contributed by atoms with Gasteiger partial charge in [0.05, 0.1) is 17.8 Å². The predicted molar refractivity (Wildman–Crippen MR) is 89.0 cm³/mol. The summed E-state index contributed by atoms with van der Waals surface area (Å²) in [4.78, 5) is 2.62. The quantitative estimate of drug-likeness (QED) is 0.733. The molecule has 2 aromatic heterocycles. The minimum absolute atomic E-state index is 0.616. The van der Waals surface area contributed by atoms with Gasteiger partial charge in [-0.2, -0.15) is 5.10 Å². The van der Waals surface area contributed by atoms with E-state index in [0.29, 0.717) is 6.61 Å². The molecule has 3 rings (SSSR count). The number of rotatable bonds is 7. The Labute approximate surface area is 133 Å². The van der Waals surface area contributed by atoms with Crippen molar-refractivity contribution in [2.24, 2.45) is 0 Å². The topological polar surface area (TPSA) is 29.8 Å². The molecule has 120 valence electrons. The van der Waals surface area contributed by atoms with Crippen molar-refractivity contribution in [3.05, 3.63) is 36.2 Å². The number of aromatic nitrogens is 2. The van der Waals surface area contributed by atoms with Crippen LogP contribution < -0.4 is 0 Å². The molecule has 1 aliphatic heterocycles. The molecule has 0 bridgehead atoms. The molecule has 0 saturated carbocycles. The third-order valence-corrected chi connectivity index (χ3v) is 4.38. The Kier molecular flexibility index (Phi) is 5.85. The van der Waals surface area contributed by atoms with Crippen LogP contribution >= 0.6 is 0 Å². The van der Waals surface area contributed by atoms with E-state index in [1.54, 1.807) is 0 Å². The fourth-order valence-corrected chi connectivity index (χ4v) is 3.14. The molecule has 2 aromatic rings. The average molecular weight is 301 g/mol. The van der Waals surface area contributed by atoms with E-state index < -0.39 is 0 Å². The van der Waals surface area contributed by atoms with Gasteiger partial charge in [0, 0.05) is 12.8 Å². The van der Waals surface area contributed by atoms with Crippen molar-refractivity contribution in [1.82, 2.24) is 14.5 Å². The molecule has 0 radical (unpaired) electrons. The molecule has 22 heavy (non-hydrogen) atoms. The second-order valence-corrected chi connectivity index (χ2v) is 6.22. The number of ether oxygens (including phenoxy) is 1. The highest BCUT2D eigenvalue weighted by Gasteiger charge is 2.08. The lowest BCUT2D eigenvalue weighted by molar-refractivity contribution is 0.111. The molecule has 4 heteroatoms. The minimum Gasteiger partial charge on any atom is -0.375 e. The zero-order valence-corrected chi connectivity index (χ0v) is 13.4. The molecule has 1 fully saturated rings. The maximum Gasteiger partial charge on any atom is 0.0906 e. The van der Waals surface area contributed by atoms with Crippen molar-refractivity contribution >= 4 is 5.52 Å². The van der Waals surface area contributed by atoms with Crippen molar-refractivity contribution in [3.63, 3.8) is 0 Å². The maximum atomic E-state index is 5.77. The summed E-state index contributed by atoms with van der Waals surface area (Å²) in [6.45, 7) is 5.27. The first-order chi connectivity index (χ1) is 10.9. The molecule has 0 aliphatic carbocycles. The van der Waals surface area contributed by atoms with Crippen LogP contribution in [-0.2, 0) is 11.3 Å². The summed E-state index contributed by atoms with van der Waals surface area (Å²) in [6, 6.07) is 8.19. The number of hydrogen-bond acceptors (Lipinski definition) is 3. The standard InChI is InChI=1S/C18H27N3O/c1-2-5-11-20(10-4-1)12-7-8-14-22-16-17-15-18-9-3-6-13-21(18)19-17/h3,6,9,13,15H,1-2,4-5,7-8,10-12,14,16H2. The van der Waals surface area contributed by atoms with Crippen LogP contribution in [0.15, 0.2) is 30.5 Å². The van der Waals surface area contributed by atoms with Gasteiger partial charge in [-0.15, -0.1) is 0 Å². The predicted octanol–water partition coefficient (Wildman–Crippen LogP) is 3.51. The van der Waals surface area contributed by atoms with Gasteiger partial charge in [0.25, 0.3) is 0 Å². The van der Waals surface area contributed by atoms with Gasteiger partial charge in [0.15, 0.2) is 0 Å². The van der Waals surface area contributed by atoms with E-state index in [4.69, 9.17) is 4.74 Å². The fraction of sp³-hybridized carbons (Fsp3) is 0.611. The van der Waals surface area contributed by atoms with E-state index >= 15 is 0 Å². The Balaban J connectivity index is 1.30. The second-order valence-electron chi connectivity index (χ2n) is 6.22. The van der Waals surface area contributed by atoms with E-state index in [1.807, 2.05) is 22.8 Å². The highest BCUT2D eigenvalue weighted by molar-refractivity contribution is 5.46. The lowest BCUT2D eigenvalue weighted by Gasteiger charge is -2.19. The van der Waals surface area contributed by atoms with Gasteiger partial charge in [-0.1, -0.05) is 18.9 Å². The molecular weight excluding hydrogens is 274 g/mol. The maximum absolute atomic E-state index is 5.77. The summed E-state index contributed by atoms with van der Waals surface area (Å²) in [5, 5.41) is 4.50. The van der Waals surface area contributed by atoms with E-state index in [1.165, 1.54) is 51.7 Å². The molecular formula is C18H27N3O. The third-order valence-electron chi connectivity index (χ3n) is 4.38. The third kappa shape index (κ3) is 4.55. The molecule has 0 N–H and O–H groups in total. The van der Waals surface area contributed by atoms with Crippen molar-refractivity contribution in [3.8, 4) is 0 Å². The summed E-state index contributed by atoms with van der Waals surface area (Å²) in [5.41, 5.74) is 2.14.